The average Bonchev–Trinajstić information content (AvgIpc) is 3.01. The van der Waals surface area contributed by atoms with Gasteiger partial charge in [-0.1, -0.05) is 29.8 Å². The van der Waals surface area contributed by atoms with Crippen LogP contribution in [-0.4, -0.2) is 59.7 Å². The number of para-hydroxylation sites is 1. The van der Waals surface area contributed by atoms with Crippen molar-refractivity contribution in [2.24, 2.45) is 15.7 Å². The van der Waals surface area contributed by atoms with Gasteiger partial charge in [-0.15, -0.1) is 11.8 Å². The number of nitrogens with one attached hydrogen (secondary N) is 1. The van der Waals surface area contributed by atoms with Gasteiger partial charge in [-0.25, -0.2) is 15.0 Å². The van der Waals surface area contributed by atoms with Gasteiger partial charge in [-0.2, -0.15) is 17.6 Å². The zero-order valence-electron chi connectivity index (χ0n) is 25.2. The lowest BCUT2D eigenvalue weighted by atomic mass is 9.73. The SMILES string of the molecule is CC1(C)C[C@@]2(N=COCC2(F)F)c2ccccc2O1.NC1=N[C@@]2(CCSc3ccc(NC(=O)c4ccc(Cl)cn4)cc32)C(F)(F)CO1. The molecule has 0 radical (unpaired) electrons. The van der Waals surface area contributed by atoms with E-state index < -0.39 is 47.6 Å². The number of anilines is 1. The molecule has 15 heteroatoms. The van der Waals surface area contributed by atoms with Gasteiger partial charge in [0.15, 0.2) is 30.7 Å². The van der Waals surface area contributed by atoms with Crippen molar-refractivity contribution in [2.75, 3.05) is 24.3 Å². The summed E-state index contributed by atoms with van der Waals surface area (Å²) < 4.78 is 74.0. The van der Waals surface area contributed by atoms with Gasteiger partial charge < -0.3 is 25.3 Å². The first kappa shape index (κ1) is 32.9. The molecule has 0 fully saturated rings. The molecule has 0 bridgehead atoms. The van der Waals surface area contributed by atoms with E-state index >= 15 is 0 Å². The molecule has 3 aromatic rings. The van der Waals surface area contributed by atoms with Crippen LogP contribution in [-0.2, 0) is 20.6 Å². The van der Waals surface area contributed by atoms with Crippen LogP contribution in [0, 0.1) is 0 Å². The number of hydrogen-bond acceptors (Lipinski definition) is 9. The minimum absolute atomic E-state index is 0.109. The number of alkyl halides is 4. The maximum atomic E-state index is 14.9. The number of nitrogens with two attached hydrogens (primary N) is 1. The summed E-state index contributed by atoms with van der Waals surface area (Å²) >= 11 is 7.24. The standard InChI is InChI=1S/C18H15ClF2N4O2S.C14H15F2NO2/c19-10-1-3-13(23-8-10)15(26)24-11-2-4-14-12(7-11)17(5-6-28-14)18(20,21)9-27-16(22)25-17;1-12(2)7-13(14(15,16)8-18-9-17-13)10-5-3-4-6-11(10)19-12/h1-4,7-8H,5-6,9H2,(H2,22,25)(H,24,26);3-6,9H,7-8H2,1-2H3/t17-;13-/m11/s1. The molecule has 2 spiro atoms. The van der Waals surface area contributed by atoms with Gasteiger partial charge in [0.05, 0.1) is 5.02 Å². The molecule has 0 saturated heterocycles. The summed E-state index contributed by atoms with van der Waals surface area (Å²) in [5.74, 6) is -5.82. The Hall–Kier alpha value is -4.04. The highest BCUT2D eigenvalue weighted by Gasteiger charge is 2.62. The van der Waals surface area contributed by atoms with Gasteiger partial charge in [-0.05, 0) is 56.7 Å². The van der Waals surface area contributed by atoms with E-state index in [1.807, 2.05) is 0 Å². The monoisotopic (exact) mass is 691 g/mol. The maximum absolute atomic E-state index is 14.9. The van der Waals surface area contributed by atoms with Gasteiger partial charge in [0.2, 0.25) is 0 Å². The lowest BCUT2D eigenvalue weighted by Crippen LogP contribution is -2.56. The summed E-state index contributed by atoms with van der Waals surface area (Å²) in [6, 6.07) is 14.5. The number of fused-ring (bicyclic) bond motifs is 4. The van der Waals surface area contributed by atoms with Crippen LogP contribution in [0.3, 0.4) is 0 Å². The van der Waals surface area contributed by atoms with Gasteiger partial charge >= 0.3 is 11.8 Å². The van der Waals surface area contributed by atoms with E-state index in [9.17, 15) is 22.4 Å². The molecule has 0 aliphatic carbocycles. The zero-order valence-corrected chi connectivity index (χ0v) is 26.8. The largest absolute Gasteiger partial charge is 0.487 e. The van der Waals surface area contributed by atoms with E-state index in [4.69, 9.17) is 31.5 Å². The van der Waals surface area contributed by atoms with Crippen LogP contribution in [0.1, 0.15) is 48.3 Å². The van der Waals surface area contributed by atoms with Crippen molar-refractivity contribution in [2.45, 2.75) is 60.1 Å². The summed E-state index contributed by atoms with van der Waals surface area (Å²) in [6.45, 7) is 2.11. The third-order valence-corrected chi connectivity index (χ3v) is 9.59. The summed E-state index contributed by atoms with van der Waals surface area (Å²) in [4.78, 5) is 25.1. The van der Waals surface area contributed by atoms with Gasteiger partial charge in [0.1, 0.15) is 17.0 Å². The van der Waals surface area contributed by atoms with Crippen LogP contribution in [0.4, 0.5) is 23.2 Å². The number of pyridine rings is 1. The molecule has 2 atom stereocenters. The Morgan fingerprint density at radius 2 is 1.77 bits per heavy atom. The number of halogens is 5. The van der Waals surface area contributed by atoms with Crippen molar-refractivity contribution < 1.29 is 36.6 Å². The predicted molar refractivity (Wildman–Crippen MR) is 170 cm³/mol. The van der Waals surface area contributed by atoms with Gasteiger partial charge in [0.25, 0.3) is 11.9 Å². The molecule has 3 N–H and O–H groups in total. The highest BCUT2D eigenvalue weighted by Crippen LogP contribution is 2.55. The summed E-state index contributed by atoms with van der Waals surface area (Å²) in [6.07, 6.45) is 2.71. The van der Waals surface area contributed by atoms with E-state index in [1.54, 1.807) is 56.3 Å². The number of rotatable bonds is 2. The Bertz CT molecular complexity index is 1760. The number of benzene rings is 2. The second-order valence-corrected chi connectivity index (χ2v) is 13.6. The first-order valence-electron chi connectivity index (χ1n) is 14.5. The molecule has 9 nitrogen and oxygen atoms in total. The summed E-state index contributed by atoms with van der Waals surface area (Å²) in [5.41, 5.74) is 2.79. The predicted octanol–water partition coefficient (Wildman–Crippen LogP) is 6.80. The average molecular weight is 692 g/mol. The molecule has 0 unspecified atom stereocenters. The molecular weight excluding hydrogens is 662 g/mol. The molecule has 7 rings (SSSR count). The molecule has 47 heavy (non-hydrogen) atoms. The molecule has 248 valence electrons. The fourth-order valence-corrected chi connectivity index (χ4v) is 7.43. The van der Waals surface area contributed by atoms with E-state index in [1.165, 1.54) is 30.1 Å². The van der Waals surface area contributed by atoms with Gasteiger partial charge in [-0.3, -0.25) is 4.79 Å². The van der Waals surface area contributed by atoms with Crippen LogP contribution in [0.25, 0.3) is 0 Å². The fourth-order valence-electron chi connectivity index (χ4n) is 6.15. The number of thioether (sulfide) groups is 1. The lowest BCUT2D eigenvalue weighted by molar-refractivity contribution is -0.145. The molecule has 2 aromatic carbocycles. The van der Waals surface area contributed by atoms with Crippen molar-refractivity contribution in [3.05, 3.63) is 82.6 Å². The maximum Gasteiger partial charge on any atom is 0.310 e. The van der Waals surface area contributed by atoms with Crippen LogP contribution in [0.5, 0.6) is 5.75 Å². The van der Waals surface area contributed by atoms with E-state index in [0.717, 1.165) is 6.40 Å². The van der Waals surface area contributed by atoms with Gasteiger partial charge in [0, 0.05) is 40.1 Å². The second-order valence-electron chi connectivity index (χ2n) is 12.1. The summed E-state index contributed by atoms with van der Waals surface area (Å²) in [5, 5.41) is 3.08. The number of hydrogen-bond donors (Lipinski definition) is 2. The first-order chi connectivity index (χ1) is 22.2. The van der Waals surface area contributed by atoms with Crippen LogP contribution >= 0.6 is 23.4 Å². The van der Waals surface area contributed by atoms with Crippen molar-refractivity contribution in [1.82, 2.24) is 4.98 Å². The number of carbonyl (C=O) groups excluding carboxylic acids is 1. The van der Waals surface area contributed by atoms with E-state index in [2.05, 4.69) is 20.3 Å². The first-order valence-corrected chi connectivity index (χ1v) is 15.9. The minimum atomic E-state index is -3.23. The number of carbonyl (C=O) groups is 1. The van der Waals surface area contributed by atoms with Crippen LogP contribution in [0.15, 0.2) is 75.7 Å². The zero-order chi connectivity index (χ0) is 33.7. The Morgan fingerprint density at radius 1 is 1.00 bits per heavy atom. The smallest absolute Gasteiger partial charge is 0.310 e. The molecule has 5 heterocycles. The Morgan fingerprint density at radius 3 is 2.51 bits per heavy atom. The van der Waals surface area contributed by atoms with Crippen LogP contribution in [0.2, 0.25) is 5.02 Å². The highest BCUT2D eigenvalue weighted by atomic mass is 35.5. The van der Waals surface area contributed by atoms with E-state index in [-0.39, 0.29) is 24.6 Å². The lowest BCUT2D eigenvalue weighted by Gasteiger charge is -2.47. The van der Waals surface area contributed by atoms with Crippen molar-refractivity contribution in [3.8, 4) is 5.75 Å². The number of aromatic nitrogens is 1. The van der Waals surface area contributed by atoms with E-state index in [0.29, 0.717) is 38.2 Å². The van der Waals surface area contributed by atoms with Crippen molar-refractivity contribution in [1.29, 1.82) is 0 Å². The van der Waals surface area contributed by atoms with Crippen molar-refractivity contribution in [3.63, 3.8) is 0 Å². The Balaban J connectivity index is 0.000000177. The fraction of sp³-hybridized carbons (Fsp3) is 0.375. The van der Waals surface area contributed by atoms with Crippen molar-refractivity contribution >= 4 is 47.4 Å². The molecule has 1 amide bonds. The highest BCUT2D eigenvalue weighted by molar-refractivity contribution is 7.99. The number of amidine groups is 1. The topological polar surface area (TPSA) is 120 Å². The number of nitrogens with zero attached hydrogens (tertiary/aromatic N) is 3. The Kier molecular flexibility index (Phi) is 8.32. The summed E-state index contributed by atoms with van der Waals surface area (Å²) in [7, 11) is 0. The third kappa shape index (κ3) is 5.97. The molecule has 4 aliphatic rings. The number of aliphatic imine (C=N–C) groups is 2. The Labute approximate surface area is 276 Å². The molecule has 1 aromatic heterocycles. The number of amides is 1. The quantitative estimate of drug-likeness (QED) is 0.284. The number of ether oxygens (including phenoxy) is 3. The minimum Gasteiger partial charge on any atom is -0.487 e. The molecule has 4 aliphatic heterocycles. The van der Waals surface area contributed by atoms with Crippen LogP contribution < -0.4 is 15.8 Å². The molecule has 0 saturated carbocycles. The molecular formula is C32H30ClF4N5O4S. The normalized spacial score (nSPS) is 25.8. The third-order valence-electron chi connectivity index (χ3n) is 8.29. The second kappa shape index (κ2) is 11.9.